The summed E-state index contributed by atoms with van der Waals surface area (Å²) in [6.07, 6.45) is 0.142. The van der Waals surface area contributed by atoms with E-state index in [0.717, 1.165) is 6.26 Å². The summed E-state index contributed by atoms with van der Waals surface area (Å²) in [6, 6.07) is 0. The number of rotatable bonds is 2. The summed E-state index contributed by atoms with van der Waals surface area (Å²) < 4.78 is 27.8. The zero-order valence-corrected chi connectivity index (χ0v) is 10.0. The molecule has 0 saturated carbocycles. The molecule has 0 aromatic heterocycles. The van der Waals surface area contributed by atoms with Gasteiger partial charge in [0.1, 0.15) is 5.60 Å². The minimum absolute atomic E-state index is 0.0771. The minimum atomic E-state index is -3.53. The molecule has 0 unspecified atom stereocenters. The first kappa shape index (κ1) is 13.2. The van der Waals surface area contributed by atoms with Crippen LogP contribution in [0.4, 0.5) is 4.79 Å². The Kier molecular flexibility index (Phi) is 3.93. The normalized spacial score (nSPS) is 12.4. The molecule has 5 nitrogen and oxygen atoms in total. The highest BCUT2D eigenvalue weighted by Gasteiger charge is 2.26. The minimum Gasteiger partial charge on any atom is -0.443 e. The molecule has 0 aromatic carbocycles. The number of sulfonamides is 1. The first-order valence-electron chi connectivity index (χ1n) is 4.28. The Balaban J connectivity index is 4.67. The second kappa shape index (κ2) is 4.16. The summed E-state index contributed by atoms with van der Waals surface area (Å²) in [5.41, 5.74) is -0.685. The van der Waals surface area contributed by atoms with Crippen molar-refractivity contribution >= 4 is 16.1 Å². The Hall–Kier alpha value is -0.780. The zero-order chi connectivity index (χ0) is 11.6. The van der Waals surface area contributed by atoms with E-state index in [9.17, 15) is 13.2 Å². The molecule has 0 bridgehead atoms. The molecule has 0 saturated heterocycles. The lowest BCUT2D eigenvalue weighted by molar-refractivity contribution is 0.0398. The maximum absolute atomic E-state index is 11.4. The van der Waals surface area contributed by atoms with E-state index in [4.69, 9.17) is 4.74 Å². The second-order valence-electron chi connectivity index (χ2n) is 3.91. The molecule has 6 heteroatoms. The lowest BCUT2D eigenvalue weighted by atomic mass is 10.2. The summed E-state index contributed by atoms with van der Waals surface area (Å²) in [6.45, 7) is 6.70. The molecule has 14 heavy (non-hydrogen) atoms. The summed E-state index contributed by atoms with van der Waals surface area (Å²) in [5.74, 6) is 0. The van der Waals surface area contributed by atoms with Crippen molar-refractivity contribution in [1.29, 1.82) is 0 Å². The topological polar surface area (TPSA) is 63.7 Å². The van der Waals surface area contributed by atoms with Gasteiger partial charge < -0.3 is 4.74 Å². The highest BCUT2D eigenvalue weighted by Crippen LogP contribution is 2.11. The van der Waals surface area contributed by atoms with Gasteiger partial charge in [0.05, 0.1) is 6.26 Å². The fraction of sp³-hybridized carbons (Fsp3) is 0.875. The van der Waals surface area contributed by atoms with Crippen molar-refractivity contribution < 1.29 is 17.9 Å². The van der Waals surface area contributed by atoms with Crippen LogP contribution in [-0.2, 0) is 14.8 Å². The SMILES string of the molecule is CCN(C(=O)OC(C)(C)C)S(C)(=O)=O. The quantitative estimate of drug-likeness (QED) is 0.705. The highest BCUT2D eigenvalue weighted by atomic mass is 32.2. The van der Waals surface area contributed by atoms with Crippen LogP contribution >= 0.6 is 0 Å². The number of nitrogens with zero attached hydrogens (tertiary/aromatic N) is 1. The van der Waals surface area contributed by atoms with Crippen molar-refractivity contribution in [3.05, 3.63) is 0 Å². The van der Waals surface area contributed by atoms with Crippen molar-refractivity contribution in [2.75, 3.05) is 12.8 Å². The van der Waals surface area contributed by atoms with Crippen molar-refractivity contribution in [3.63, 3.8) is 0 Å². The van der Waals surface area contributed by atoms with Crippen molar-refractivity contribution in [2.24, 2.45) is 0 Å². The molecule has 0 radical (unpaired) electrons. The van der Waals surface area contributed by atoms with Gasteiger partial charge >= 0.3 is 6.09 Å². The van der Waals surface area contributed by atoms with Crippen molar-refractivity contribution in [3.8, 4) is 0 Å². The Labute approximate surface area is 85.1 Å². The van der Waals surface area contributed by atoms with Crippen LogP contribution in [0, 0.1) is 0 Å². The van der Waals surface area contributed by atoms with E-state index in [1.165, 1.54) is 0 Å². The Morgan fingerprint density at radius 3 is 2.00 bits per heavy atom. The van der Waals surface area contributed by atoms with E-state index in [2.05, 4.69) is 0 Å². The molecular formula is C8H17NO4S. The number of hydrogen-bond donors (Lipinski definition) is 0. The average molecular weight is 223 g/mol. The highest BCUT2D eigenvalue weighted by molar-refractivity contribution is 7.88. The van der Waals surface area contributed by atoms with Crippen LogP contribution in [0.3, 0.4) is 0 Å². The zero-order valence-electron chi connectivity index (χ0n) is 9.20. The van der Waals surface area contributed by atoms with Crippen LogP contribution in [0.5, 0.6) is 0 Å². The molecular weight excluding hydrogens is 206 g/mol. The van der Waals surface area contributed by atoms with Gasteiger partial charge in [-0.2, -0.15) is 0 Å². The van der Waals surface area contributed by atoms with Gasteiger partial charge in [0.25, 0.3) is 0 Å². The Morgan fingerprint density at radius 1 is 1.36 bits per heavy atom. The predicted octanol–water partition coefficient (Wildman–Crippen LogP) is 1.20. The molecule has 0 rings (SSSR count). The summed E-state index contributed by atoms with van der Waals surface area (Å²) in [5, 5.41) is 0. The van der Waals surface area contributed by atoms with E-state index in [-0.39, 0.29) is 6.54 Å². The molecule has 0 aromatic rings. The third kappa shape index (κ3) is 4.45. The molecule has 0 atom stereocenters. The largest absolute Gasteiger partial charge is 0.443 e. The van der Waals surface area contributed by atoms with Gasteiger partial charge in [-0.1, -0.05) is 0 Å². The first-order chi connectivity index (χ1) is 6.08. The van der Waals surface area contributed by atoms with Gasteiger partial charge in [0.15, 0.2) is 0 Å². The molecule has 84 valence electrons. The van der Waals surface area contributed by atoms with Gasteiger partial charge in [0.2, 0.25) is 10.0 Å². The fourth-order valence-electron chi connectivity index (χ4n) is 0.812. The van der Waals surface area contributed by atoms with Crippen LogP contribution < -0.4 is 0 Å². The van der Waals surface area contributed by atoms with Crippen molar-refractivity contribution in [1.82, 2.24) is 4.31 Å². The van der Waals surface area contributed by atoms with Gasteiger partial charge in [-0.15, -0.1) is 0 Å². The van der Waals surface area contributed by atoms with Gasteiger partial charge in [-0.05, 0) is 27.7 Å². The summed E-state index contributed by atoms with van der Waals surface area (Å²) >= 11 is 0. The van der Waals surface area contributed by atoms with Gasteiger partial charge in [0, 0.05) is 6.54 Å². The third-order valence-corrected chi connectivity index (χ3v) is 2.49. The predicted molar refractivity (Wildman–Crippen MR) is 53.5 cm³/mol. The van der Waals surface area contributed by atoms with Gasteiger partial charge in [-0.25, -0.2) is 17.5 Å². The lowest BCUT2D eigenvalue weighted by Crippen LogP contribution is -2.40. The average Bonchev–Trinajstić information content (AvgIpc) is 1.79. The molecule has 0 N–H and O–H groups in total. The molecule has 0 aliphatic rings. The van der Waals surface area contributed by atoms with Crippen LogP contribution in [-0.4, -0.2) is 37.2 Å². The molecule has 0 fully saturated rings. The van der Waals surface area contributed by atoms with E-state index in [1.807, 2.05) is 0 Å². The van der Waals surface area contributed by atoms with E-state index >= 15 is 0 Å². The molecule has 0 heterocycles. The lowest BCUT2D eigenvalue weighted by Gasteiger charge is -2.24. The van der Waals surface area contributed by atoms with E-state index < -0.39 is 21.7 Å². The first-order valence-corrected chi connectivity index (χ1v) is 6.13. The second-order valence-corrected chi connectivity index (χ2v) is 5.81. The van der Waals surface area contributed by atoms with Crippen molar-refractivity contribution in [2.45, 2.75) is 33.3 Å². The molecule has 0 spiro atoms. The maximum Gasteiger partial charge on any atom is 0.424 e. The number of carbonyl (C=O) groups excluding carboxylic acids is 1. The van der Waals surface area contributed by atoms with E-state index in [0.29, 0.717) is 4.31 Å². The Morgan fingerprint density at radius 2 is 1.79 bits per heavy atom. The fourth-order valence-corrected chi connectivity index (χ4v) is 1.59. The number of ether oxygens (including phenoxy) is 1. The number of carbonyl (C=O) groups is 1. The van der Waals surface area contributed by atoms with Crippen LogP contribution in [0.15, 0.2) is 0 Å². The Bertz CT molecular complexity index is 302. The van der Waals surface area contributed by atoms with Gasteiger partial charge in [-0.3, -0.25) is 0 Å². The number of amides is 1. The number of hydrogen-bond acceptors (Lipinski definition) is 4. The maximum atomic E-state index is 11.4. The standard InChI is InChI=1S/C8H17NO4S/c1-6-9(14(5,11)12)7(10)13-8(2,3)4/h6H2,1-5H3. The van der Waals surface area contributed by atoms with E-state index in [1.54, 1.807) is 27.7 Å². The molecule has 0 aliphatic heterocycles. The van der Waals surface area contributed by atoms with Crippen LogP contribution in [0.2, 0.25) is 0 Å². The monoisotopic (exact) mass is 223 g/mol. The summed E-state index contributed by atoms with van der Waals surface area (Å²) in [4.78, 5) is 11.4. The molecule has 1 amide bonds. The summed E-state index contributed by atoms with van der Waals surface area (Å²) in [7, 11) is -3.53. The van der Waals surface area contributed by atoms with Crippen LogP contribution in [0.1, 0.15) is 27.7 Å². The van der Waals surface area contributed by atoms with Crippen LogP contribution in [0.25, 0.3) is 0 Å². The smallest absolute Gasteiger partial charge is 0.424 e. The molecule has 0 aliphatic carbocycles. The third-order valence-electron chi connectivity index (χ3n) is 1.28.